The fraction of sp³-hybridized carbons (Fsp3) is 0.263. The molecule has 1 aliphatic rings. The van der Waals surface area contributed by atoms with Crippen molar-refractivity contribution in [1.29, 1.82) is 0 Å². The monoisotopic (exact) mass is 329 g/mol. The van der Waals surface area contributed by atoms with Crippen molar-refractivity contribution in [3.8, 4) is 0 Å². The lowest BCUT2D eigenvalue weighted by Crippen LogP contribution is -2.42. The first kappa shape index (κ1) is 16.3. The lowest BCUT2D eigenvalue weighted by molar-refractivity contribution is 0.0636. The van der Waals surface area contributed by atoms with E-state index < -0.39 is 11.6 Å². The Balaban J connectivity index is 1.73. The molecule has 0 aromatic heterocycles. The third-order valence-corrected chi connectivity index (χ3v) is 4.28. The molecular formula is C19H17F2NO2. The largest absolute Gasteiger partial charge is 0.338 e. The maximum Gasteiger partial charge on any atom is 0.253 e. The molecule has 1 aliphatic heterocycles. The van der Waals surface area contributed by atoms with E-state index >= 15 is 0 Å². The molecule has 0 saturated carbocycles. The van der Waals surface area contributed by atoms with Crippen LogP contribution in [0, 0.1) is 17.6 Å². The van der Waals surface area contributed by atoms with Crippen molar-refractivity contribution >= 4 is 11.7 Å². The molecule has 0 N–H and O–H groups in total. The molecule has 1 fully saturated rings. The normalized spacial score (nSPS) is 17.6. The minimum atomic E-state index is -0.461. The van der Waals surface area contributed by atoms with E-state index in [0.717, 1.165) is 0 Å². The SMILES string of the molecule is O=C(c1ccc(F)cc1)C1CCCN(C(=O)c2cccc(F)c2)C1. The Morgan fingerprint density at radius 1 is 0.958 bits per heavy atom. The van der Waals surface area contributed by atoms with Crippen molar-refractivity contribution in [3.05, 3.63) is 71.3 Å². The highest BCUT2D eigenvalue weighted by atomic mass is 19.1. The summed E-state index contributed by atoms with van der Waals surface area (Å²) in [6, 6.07) is 11.0. The number of ketones is 1. The second-order valence-electron chi connectivity index (χ2n) is 5.97. The number of nitrogens with zero attached hydrogens (tertiary/aromatic N) is 1. The Morgan fingerprint density at radius 2 is 1.71 bits per heavy atom. The van der Waals surface area contributed by atoms with Gasteiger partial charge in [-0.1, -0.05) is 6.07 Å². The molecule has 0 spiro atoms. The number of piperidine rings is 1. The van der Waals surface area contributed by atoms with Crippen LogP contribution in [0.3, 0.4) is 0 Å². The van der Waals surface area contributed by atoms with Crippen molar-refractivity contribution in [3.63, 3.8) is 0 Å². The molecule has 1 unspecified atom stereocenters. The van der Waals surface area contributed by atoms with Crippen molar-refractivity contribution in [2.75, 3.05) is 13.1 Å². The van der Waals surface area contributed by atoms with Crippen LogP contribution in [0.15, 0.2) is 48.5 Å². The Labute approximate surface area is 138 Å². The summed E-state index contributed by atoms with van der Waals surface area (Å²) in [6.45, 7) is 0.841. The lowest BCUT2D eigenvalue weighted by atomic mass is 9.89. The van der Waals surface area contributed by atoms with Crippen LogP contribution in [0.25, 0.3) is 0 Å². The number of halogens is 2. The molecule has 24 heavy (non-hydrogen) atoms. The second-order valence-corrected chi connectivity index (χ2v) is 5.97. The molecule has 2 aromatic rings. The van der Waals surface area contributed by atoms with Gasteiger partial charge in [0.1, 0.15) is 11.6 Å². The summed E-state index contributed by atoms with van der Waals surface area (Å²) in [6.07, 6.45) is 1.39. The van der Waals surface area contributed by atoms with E-state index in [2.05, 4.69) is 0 Å². The highest BCUT2D eigenvalue weighted by Crippen LogP contribution is 2.23. The number of carbonyl (C=O) groups is 2. The van der Waals surface area contributed by atoms with Gasteiger partial charge < -0.3 is 4.90 Å². The predicted molar refractivity (Wildman–Crippen MR) is 85.8 cm³/mol. The number of rotatable bonds is 3. The summed E-state index contributed by atoms with van der Waals surface area (Å²) in [5.74, 6) is -1.53. The fourth-order valence-electron chi connectivity index (χ4n) is 3.03. The minimum absolute atomic E-state index is 0.0910. The number of benzene rings is 2. The first-order valence-corrected chi connectivity index (χ1v) is 7.89. The van der Waals surface area contributed by atoms with Crippen LogP contribution in [0.1, 0.15) is 33.6 Å². The van der Waals surface area contributed by atoms with Crippen LogP contribution in [-0.4, -0.2) is 29.7 Å². The smallest absolute Gasteiger partial charge is 0.253 e. The van der Waals surface area contributed by atoms with E-state index in [0.29, 0.717) is 31.5 Å². The van der Waals surface area contributed by atoms with Gasteiger partial charge in [-0.3, -0.25) is 9.59 Å². The van der Waals surface area contributed by atoms with Crippen molar-refractivity contribution in [2.45, 2.75) is 12.8 Å². The zero-order valence-corrected chi connectivity index (χ0v) is 13.0. The minimum Gasteiger partial charge on any atom is -0.338 e. The molecule has 0 radical (unpaired) electrons. The molecule has 0 aliphatic carbocycles. The molecule has 3 rings (SSSR count). The van der Waals surface area contributed by atoms with Crippen LogP contribution >= 0.6 is 0 Å². The highest BCUT2D eigenvalue weighted by Gasteiger charge is 2.29. The van der Waals surface area contributed by atoms with Crippen molar-refractivity contribution in [1.82, 2.24) is 4.90 Å². The molecule has 1 amide bonds. The molecule has 2 aromatic carbocycles. The summed E-state index contributed by atoms with van der Waals surface area (Å²) in [5.41, 5.74) is 0.728. The summed E-state index contributed by atoms with van der Waals surface area (Å²) >= 11 is 0. The number of likely N-dealkylation sites (tertiary alicyclic amines) is 1. The predicted octanol–water partition coefficient (Wildman–Crippen LogP) is 3.70. The molecule has 0 bridgehead atoms. The van der Waals surface area contributed by atoms with E-state index in [1.807, 2.05) is 0 Å². The molecule has 124 valence electrons. The van der Waals surface area contributed by atoms with Gasteiger partial charge in [-0.2, -0.15) is 0 Å². The molecular weight excluding hydrogens is 312 g/mol. The Bertz CT molecular complexity index is 758. The van der Waals surface area contributed by atoms with Gasteiger partial charge in [-0.15, -0.1) is 0 Å². The highest BCUT2D eigenvalue weighted by molar-refractivity contribution is 5.99. The maximum atomic E-state index is 13.3. The first-order chi connectivity index (χ1) is 11.5. The molecule has 3 nitrogen and oxygen atoms in total. The average molecular weight is 329 g/mol. The Hall–Kier alpha value is -2.56. The van der Waals surface area contributed by atoms with Gasteiger partial charge in [0.25, 0.3) is 5.91 Å². The van der Waals surface area contributed by atoms with E-state index in [1.54, 1.807) is 11.0 Å². The first-order valence-electron chi connectivity index (χ1n) is 7.89. The van der Waals surface area contributed by atoms with E-state index in [4.69, 9.17) is 0 Å². The molecule has 1 saturated heterocycles. The number of hydrogen-bond donors (Lipinski definition) is 0. The average Bonchev–Trinajstić information content (AvgIpc) is 2.61. The summed E-state index contributed by atoms with van der Waals surface area (Å²) in [4.78, 5) is 26.6. The van der Waals surface area contributed by atoms with Crippen molar-refractivity contribution in [2.24, 2.45) is 5.92 Å². The van der Waals surface area contributed by atoms with Gasteiger partial charge in [-0.25, -0.2) is 8.78 Å². The number of amides is 1. The van der Waals surface area contributed by atoms with E-state index in [9.17, 15) is 18.4 Å². The zero-order chi connectivity index (χ0) is 17.1. The number of Topliss-reactive ketones (excluding diaryl/α,β-unsaturated/α-hetero) is 1. The van der Waals surface area contributed by atoms with Gasteiger partial charge in [0.05, 0.1) is 0 Å². The molecule has 5 heteroatoms. The van der Waals surface area contributed by atoms with Crippen LogP contribution < -0.4 is 0 Å². The standard InChI is InChI=1S/C19H17F2NO2/c20-16-8-6-13(7-9-16)18(23)15-4-2-10-22(12-15)19(24)14-3-1-5-17(21)11-14/h1,3,5-9,11,15H,2,4,10,12H2. The van der Waals surface area contributed by atoms with Crippen LogP contribution in [0.2, 0.25) is 0 Å². The van der Waals surface area contributed by atoms with E-state index in [1.165, 1.54) is 42.5 Å². The Kier molecular flexibility index (Phi) is 4.69. The lowest BCUT2D eigenvalue weighted by Gasteiger charge is -2.32. The number of hydrogen-bond acceptors (Lipinski definition) is 2. The van der Waals surface area contributed by atoms with Crippen LogP contribution in [0.5, 0.6) is 0 Å². The molecule has 1 atom stereocenters. The van der Waals surface area contributed by atoms with Gasteiger partial charge in [-0.05, 0) is 55.3 Å². The molecule has 1 heterocycles. The number of carbonyl (C=O) groups excluding carboxylic acids is 2. The fourth-order valence-corrected chi connectivity index (χ4v) is 3.03. The van der Waals surface area contributed by atoms with Gasteiger partial charge in [0.2, 0.25) is 0 Å². The topological polar surface area (TPSA) is 37.4 Å². The summed E-state index contributed by atoms with van der Waals surface area (Å²) in [7, 11) is 0. The Morgan fingerprint density at radius 3 is 2.42 bits per heavy atom. The third-order valence-electron chi connectivity index (χ3n) is 4.28. The van der Waals surface area contributed by atoms with Gasteiger partial charge >= 0.3 is 0 Å². The summed E-state index contributed by atoms with van der Waals surface area (Å²) < 4.78 is 26.3. The van der Waals surface area contributed by atoms with Crippen LogP contribution in [-0.2, 0) is 0 Å². The van der Waals surface area contributed by atoms with Gasteiger partial charge in [0.15, 0.2) is 5.78 Å². The van der Waals surface area contributed by atoms with Gasteiger partial charge in [0, 0.05) is 30.1 Å². The van der Waals surface area contributed by atoms with E-state index in [-0.39, 0.29) is 23.2 Å². The van der Waals surface area contributed by atoms with Crippen LogP contribution in [0.4, 0.5) is 8.78 Å². The third kappa shape index (κ3) is 3.50. The second kappa shape index (κ2) is 6.91. The quantitative estimate of drug-likeness (QED) is 0.805. The zero-order valence-electron chi connectivity index (χ0n) is 13.0. The maximum absolute atomic E-state index is 13.3. The summed E-state index contributed by atoms with van der Waals surface area (Å²) in [5, 5.41) is 0. The van der Waals surface area contributed by atoms with Crippen molar-refractivity contribution < 1.29 is 18.4 Å².